The zero-order chi connectivity index (χ0) is 18.5. The summed E-state index contributed by atoms with van der Waals surface area (Å²) in [5.41, 5.74) is 1.42. The summed E-state index contributed by atoms with van der Waals surface area (Å²) in [6.07, 6.45) is 5.14. The molecule has 2 N–H and O–H groups in total. The lowest BCUT2D eigenvalue weighted by atomic mass is 10.0. The van der Waals surface area contributed by atoms with Crippen LogP contribution in [0.25, 0.3) is 16.3 Å². The average Bonchev–Trinajstić information content (AvgIpc) is 3.44. The van der Waals surface area contributed by atoms with E-state index in [4.69, 9.17) is 0 Å². The highest BCUT2D eigenvalue weighted by molar-refractivity contribution is 7.18. The first-order chi connectivity index (χ1) is 13.1. The Hall–Kier alpha value is -2.52. The number of aromatic nitrogens is 4. The predicted octanol–water partition coefficient (Wildman–Crippen LogP) is 2.23. The van der Waals surface area contributed by atoms with Crippen molar-refractivity contribution in [2.24, 2.45) is 5.92 Å². The van der Waals surface area contributed by atoms with Crippen molar-refractivity contribution < 1.29 is 9.50 Å². The number of anilines is 1. The third-order valence-electron chi connectivity index (χ3n) is 5.57. The second kappa shape index (κ2) is 6.28. The van der Waals surface area contributed by atoms with Gasteiger partial charge in [0.15, 0.2) is 5.01 Å². The number of hydrogen-bond donors (Lipinski definition) is 2. The summed E-state index contributed by atoms with van der Waals surface area (Å²) >= 11 is 1.37. The molecule has 3 aromatic rings. The van der Waals surface area contributed by atoms with Gasteiger partial charge in [0, 0.05) is 38.1 Å². The number of piperidine rings is 1. The largest absolute Gasteiger partial charge is 0.507 e. The zero-order valence-electron chi connectivity index (χ0n) is 14.7. The van der Waals surface area contributed by atoms with Crippen molar-refractivity contribution in [3.8, 4) is 22.0 Å². The molecule has 3 heterocycles. The van der Waals surface area contributed by atoms with Gasteiger partial charge in [-0.1, -0.05) is 11.3 Å². The van der Waals surface area contributed by atoms with Gasteiger partial charge in [0.2, 0.25) is 5.13 Å². The molecule has 1 aromatic carbocycles. The van der Waals surface area contributed by atoms with E-state index in [1.807, 2.05) is 34.8 Å². The number of halogens is 1. The third-order valence-corrected chi connectivity index (χ3v) is 6.62. The van der Waals surface area contributed by atoms with Gasteiger partial charge < -0.3 is 19.9 Å². The maximum atomic E-state index is 14.6. The Morgan fingerprint density at radius 3 is 2.96 bits per heavy atom. The highest BCUT2D eigenvalue weighted by Crippen LogP contribution is 2.41. The number of fused-ring (bicyclic) bond motifs is 2. The second-order valence-electron chi connectivity index (χ2n) is 7.12. The van der Waals surface area contributed by atoms with E-state index < -0.39 is 6.17 Å². The van der Waals surface area contributed by atoms with Crippen molar-refractivity contribution in [1.29, 1.82) is 0 Å². The van der Waals surface area contributed by atoms with Crippen LogP contribution in [0.15, 0.2) is 36.9 Å². The normalized spacial score (nSPS) is 26.6. The Morgan fingerprint density at radius 1 is 1.37 bits per heavy atom. The molecule has 1 saturated carbocycles. The molecule has 1 saturated heterocycles. The molecule has 1 aliphatic carbocycles. The topological polar surface area (TPSA) is 79.1 Å². The van der Waals surface area contributed by atoms with Gasteiger partial charge in [0.05, 0.1) is 23.6 Å². The van der Waals surface area contributed by atoms with E-state index in [9.17, 15) is 9.50 Å². The Kier molecular flexibility index (Phi) is 3.87. The molecule has 27 heavy (non-hydrogen) atoms. The minimum absolute atomic E-state index is 0.0467. The molecule has 0 unspecified atom stereocenters. The number of rotatable bonds is 4. The number of nitrogens with zero attached hydrogens (tertiary/aromatic N) is 5. The van der Waals surface area contributed by atoms with Crippen LogP contribution < -0.4 is 10.2 Å². The van der Waals surface area contributed by atoms with E-state index in [2.05, 4.69) is 20.5 Å². The predicted molar refractivity (Wildman–Crippen MR) is 101 cm³/mol. The number of phenols is 1. The fraction of sp³-hybridized carbons (Fsp3) is 0.389. The molecular weight excluding hydrogens is 367 g/mol. The zero-order valence-corrected chi connectivity index (χ0v) is 15.5. The Labute approximate surface area is 159 Å². The van der Waals surface area contributed by atoms with Gasteiger partial charge >= 0.3 is 0 Å². The van der Waals surface area contributed by atoms with E-state index >= 15 is 0 Å². The van der Waals surface area contributed by atoms with Crippen LogP contribution in [0.4, 0.5) is 9.52 Å². The summed E-state index contributed by atoms with van der Waals surface area (Å²) in [4.78, 5) is 5.92. The van der Waals surface area contributed by atoms with E-state index in [0.29, 0.717) is 21.6 Å². The van der Waals surface area contributed by atoms with Gasteiger partial charge in [-0.15, -0.1) is 10.2 Å². The molecule has 5 rings (SSSR count). The minimum Gasteiger partial charge on any atom is -0.507 e. The molecule has 2 aliphatic rings. The SMILES string of the molecule is CN(c1nnc(-c2ccc(-n3ccnc3)cc2O)s1)[C@@H]1[C@H]2CN[C@H](C2)[C@@H]1F. The second-order valence-corrected chi connectivity index (χ2v) is 8.07. The van der Waals surface area contributed by atoms with Gasteiger partial charge in [0.25, 0.3) is 0 Å². The Balaban J connectivity index is 1.41. The Morgan fingerprint density at radius 2 is 2.26 bits per heavy atom. The first kappa shape index (κ1) is 16.6. The maximum absolute atomic E-state index is 14.6. The molecule has 2 bridgehead atoms. The molecule has 0 spiro atoms. The van der Waals surface area contributed by atoms with E-state index in [1.54, 1.807) is 18.6 Å². The van der Waals surface area contributed by atoms with Gasteiger partial charge in [0.1, 0.15) is 11.9 Å². The number of nitrogens with one attached hydrogen (secondary N) is 1. The molecule has 2 aromatic heterocycles. The molecule has 0 radical (unpaired) electrons. The number of hydrogen-bond acceptors (Lipinski definition) is 7. The number of imidazole rings is 1. The van der Waals surface area contributed by atoms with Crippen LogP contribution in [0, 0.1) is 5.92 Å². The van der Waals surface area contributed by atoms with Crippen LogP contribution in [0.5, 0.6) is 5.75 Å². The summed E-state index contributed by atoms with van der Waals surface area (Å²) in [6, 6.07) is 5.15. The smallest absolute Gasteiger partial charge is 0.208 e. The quantitative estimate of drug-likeness (QED) is 0.716. The molecule has 1 aliphatic heterocycles. The number of aromatic hydroxyl groups is 1. The molecular formula is C18H19FN6OS. The van der Waals surface area contributed by atoms with Crippen molar-refractivity contribution in [3.63, 3.8) is 0 Å². The molecule has 140 valence electrons. The lowest BCUT2D eigenvalue weighted by Crippen LogP contribution is -2.51. The number of benzene rings is 1. The molecule has 0 amide bonds. The highest BCUT2D eigenvalue weighted by atomic mass is 32.1. The van der Waals surface area contributed by atoms with Crippen LogP contribution in [0.3, 0.4) is 0 Å². The average molecular weight is 386 g/mol. The standard InChI is InChI=1S/C18H19FN6OS/c1-24(16-10-6-13(15(16)19)21-8-10)18-23-22-17(27-18)12-3-2-11(7-14(12)26)25-5-4-20-9-25/h2-5,7,9-10,13,15-16,21,26H,6,8H2,1H3/t10-,13-,15+,16-/m1/s1. The monoisotopic (exact) mass is 386 g/mol. The Bertz CT molecular complexity index is 959. The summed E-state index contributed by atoms with van der Waals surface area (Å²) in [5.74, 6) is 0.421. The number of alkyl halides is 1. The van der Waals surface area contributed by atoms with Gasteiger partial charge in [-0.3, -0.25) is 0 Å². The summed E-state index contributed by atoms with van der Waals surface area (Å²) in [7, 11) is 1.88. The maximum Gasteiger partial charge on any atom is 0.208 e. The van der Waals surface area contributed by atoms with Gasteiger partial charge in [-0.05, 0) is 24.5 Å². The van der Waals surface area contributed by atoms with Crippen LogP contribution in [-0.4, -0.2) is 56.7 Å². The van der Waals surface area contributed by atoms with Crippen molar-refractivity contribution in [1.82, 2.24) is 25.1 Å². The molecule has 2 fully saturated rings. The van der Waals surface area contributed by atoms with Crippen molar-refractivity contribution in [3.05, 3.63) is 36.9 Å². The molecule has 4 atom stereocenters. The van der Waals surface area contributed by atoms with E-state index in [1.165, 1.54) is 11.3 Å². The first-order valence-electron chi connectivity index (χ1n) is 8.87. The van der Waals surface area contributed by atoms with Crippen LogP contribution in [-0.2, 0) is 0 Å². The fourth-order valence-corrected chi connectivity index (χ4v) is 5.08. The van der Waals surface area contributed by atoms with Crippen molar-refractivity contribution in [2.75, 3.05) is 18.5 Å². The first-order valence-corrected chi connectivity index (χ1v) is 9.69. The number of phenolic OH excluding ortho intramolecular Hbond substituents is 1. The summed E-state index contributed by atoms with van der Waals surface area (Å²) in [5, 5.41) is 23.4. The highest BCUT2D eigenvalue weighted by Gasteiger charge is 2.50. The molecule has 9 heteroatoms. The third kappa shape index (κ3) is 2.69. The van der Waals surface area contributed by atoms with Crippen molar-refractivity contribution in [2.45, 2.75) is 24.7 Å². The lowest BCUT2D eigenvalue weighted by Gasteiger charge is -2.33. The van der Waals surface area contributed by atoms with Gasteiger partial charge in [-0.25, -0.2) is 9.37 Å². The summed E-state index contributed by atoms with van der Waals surface area (Å²) < 4.78 is 16.4. The van der Waals surface area contributed by atoms with Crippen LogP contribution >= 0.6 is 11.3 Å². The minimum atomic E-state index is -0.899. The van der Waals surface area contributed by atoms with Crippen LogP contribution in [0.2, 0.25) is 0 Å². The summed E-state index contributed by atoms with van der Waals surface area (Å²) in [6.45, 7) is 0.849. The fourth-order valence-electron chi connectivity index (χ4n) is 4.19. The van der Waals surface area contributed by atoms with Crippen molar-refractivity contribution >= 4 is 16.5 Å². The van der Waals surface area contributed by atoms with E-state index in [-0.39, 0.29) is 17.8 Å². The lowest BCUT2D eigenvalue weighted by molar-refractivity contribution is 0.220. The van der Waals surface area contributed by atoms with Crippen LogP contribution in [0.1, 0.15) is 6.42 Å². The molecule has 7 nitrogen and oxygen atoms in total. The van der Waals surface area contributed by atoms with E-state index in [0.717, 1.165) is 18.7 Å². The van der Waals surface area contributed by atoms with Gasteiger partial charge in [-0.2, -0.15) is 0 Å².